The van der Waals surface area contributed by atoms with Gasteiger partial charge in [-0.05, 0) is 44.7 Å². The van der Waals surface area contributed by atoms with Crippen molar-refractivity contribution in [1.29, 1.82) is 0 Å². The molecule has 0 radical (unpaired) electrons. The van der Waals surface area contributed by atoms with Gasteiger partial charge in [-0.3, -0.25) is 4.79 Å². The molecule has 1 saturated carbocycles. The van der Waals surface area contributed by atoms with Gasteiger partial charge in [0.1, 0.15) is 11.4 Å². The lowest BCUT2D eigenvalue weighted by atomic mass is 9.94. The first-order valence-corrected chi connectivity index (χ1v) is 7.34. The van der Waals surface area contributed by atoms with E-state index in [9.17, 15) is 9.90 Å². The first-order chi connectivity index (χ1) is 9.64. The molecule has 106 valence electrons. The molecule has 1 aliphatic carbocycles. The monoisotopic (exact) mass is 272 g/mol. The van der Waals surface area contributed by atoms with Crippen LogP contribution in [0.4, 0.5) is 0 Å². The fourth-order valence-corrected chi connectivity index (χ4v) is 3.16. The Morgan fingerprint density at radius 3 is 2.75 bits per heavy atom. The van der Waals surface area contributed by atoms with Gasteiger partial charge in [-0.15, -0.1) is 0 Å². The van der Waals surface area contributed by atoms with Crippen LogP contribution in [0.15, 0.2) is 24.3 Å². The fraction of sp³-hybridized carbons (Fsp3) is 0.500. The number of imidazole rings is 1. The van der Waals surface area contributed by atoms with Crippen molar-refractivity contribution < 1.29 is 9.90 Å². The number of aryl methyl sites for hydroxylation is 1. The summed E-state index contributed by atoms with van der Waals surface area (Å²) in [5.74, 6) is 0.680. The summed E-state index contributed by atoms with van der Waals surface area (Å²) in [6.45, 7) is 2.83. The highest BCUT2D eigenvalue weighted by Crippen LogP contribution is 2.31. The van der Waals surface area contributed by atoms with E-state index in [1.807, 2.05) is 31.2 Å². The van der Waals surface area contributed by atoms with Crippen molar-refractivity contribution in [2.75, 3.05) is 0 Å². The van der Waals surface area contributed by atoms with Crippen molar-refractivity contribution in [2.24, 2.45) is 0 Å². The van der Waals surface area contributed by atoms with Crippen molar-refractivity contribution in [1.82, 2.24) is 9.55 Å². The summed E-state index contributed by atoms with van der Waals surface area (Å²) >= 11 is 0. The summed E-state index contributed by atoms with van der Waals surface area (Å²) in [5, 5.41) is 10.4. The zero-order valence-electron chi connectivity index (χ0n) is 11.8. The average molecular weight is 272 g/mol. The van der Waals surface area contributed by atoms with E-state index in [4.69, 9.17) is 0 Å². The Bertz CT molecular complexity index is 639. The van der Waals surface area contributed by atoms with E-state index >= 15 is 0 Å². The van der Waals surface area contributed by atoms with E-state index in [1.165, 1.54) is 0 Å². The van der Waals surface area contributed by atoms with Crippen LogP contribution in [-0.2, 0) is 17.8 Å². The van der Waals surface area contributed by atoms with Crippen LogP contribution in [0.25, 0.3) is 11.0 Å². The number of ketones is 1. The summed E-state index contributed by atoms with van der Waals surface area (Å²) in [6, 6.07) is 7.90. The van der Waals surface area contributed by atoms with E-state index in [2.05, 4.69) is 9.55 Å². The minimum absolute atomic E-state index is 0.0833. The quantitative estimate of drug-likeness (QED) is 0.930. The van der Waals surface area contributed by atoms with Gasteiger partial charge in [-0.2, -0.15) is 0 Å². The maximum atomic E-state index is 12.4. The summed E-state index contributed by atoms with van der Waals surface area (Å²) in [5.41, 5.74) is 0.850. The van der Waals surface area contributed by atoms with Crippen molar-refractivity contribution in [2.45, 2.75) is 51.2 Å². The molecule has 0 atom stereocenters. The predicted molar refractivity (Wildman–Crippen MR) is 77.5 cm³/mol. The van der Waals surface area contributed by atoms with Gasteiger partial charge in [0.2, 0.25) is 0 Å². The number of benzene rings is 1. The number of nitrogens with zero attached hydrogens (tertiary/aromatic N) is 2. The number of carbonyl (C=O) groups excluding carboxylic acids is 1. The van der Waals surface area contributed by atoms with Crippen LogP contribution in [0, 0.1) is 0 Å². The number of hydrogen-bond donors (Lipinski definition) is 1. The molecule has 3 rings (SSSR count). The first-order valence-electron chi connectivity index (χ1n) is 7.34. The van der Waals surface area contributed by atoms with Gasteiger partial charge in [0, 0.05) is 6.54 Å². The molecule has 1 N–H and O–H groups in total. The standard InChI is InChI=1S/C16H20N2O2/c1-2-18-13-8-4-3-7-12(13)17-15(18)11-14(19)16(20)9-5-6-10-16/h3-4,7-8,20H,2,5-6,9-11H2,1H3. The first kappa shape index (κ1) is 13.3. The molecule has 0 unspecified atom stereocenters. The van der Waals surface area contributed by atoms with Crippen LogP contribution in [-0.4, -0.2) is 26.0 Å². The van der Waals surface area contributed by atoms with Crippen LogP contribution >= 0.6 is 0 Å². The number of aliphatic hydroxyl groups is 1. The summed E-state index contributed by atoms with van der Waals surface area (Å²) in [7, 11) is 0. The van der Waals surface area contributed by atoms with Crippen LogP contribution in [0.5, 0.6) is 0 Å². The highest BCUT2D eigenvalue weighted by Gasteiger charge is 2.38. The molecule has 2 aromatic rings. The third-order valence-electron chi connectivity index (χ3n) is 4.32. The molecule has 0 amide bonds. The van der Waals surface area contributed by atoms with E-state index in [1.54, 1.807) is 0 Å². The fourth-order valence-electron chi connectivity index (χ4n) is 3.16. The van der Waals surface area contributed by atoms with Crippen LogP contribution in [0.3, 0.4) is 0 Å². The Balaban J connectivity index is 1.92. The summed E-state index contributed by atoms with van der Waals surface area (Å²) < 4.78 is 2.06. The molecule has 4 nitrogen and oxygen atoms in total. The number of carbonyl (C=O) groups is 1. The number of rotatable bonds is 4. The molecule has 1 aliphatic rings. The molecule has 1 fully saturated rings. The zero-order valence-corrected chi connectivity index (χ0v) is 11.8. The van der Waals surface area contributed by atoms with Crippen molar-refractivity contribution in [3.8, 4) is 0 Å². The van der Waals surface area contributed by atoms with Gasteiger partial charge in [0.05, 0.1) is 17.5 Å². The van der Waals surface area contributed by atoms with Crippen LogP contribution in [0.2, 0.25) is 0 Å². The van der Waals surface area contributed by atoms with E-state index in [0.717, 1.165) is 36.2 Å². The summed E-state index contributed by atoms with van der Waals surface area (Å²) in [4.78, 5) is 16.9. The highest BCUT2D eigenvalue weighted by molar-refractivity contribution is 5.89. The predicted octanol–water partition coefficient (Wildman–Crippen LogP) is 2.47. The minimum Gasteiger partial charge on any atom is -0.382 e. The molecular formula is C16H20N2O2. The molecule has 0 bridgehead atoms. The zero-order chi connectivity index (χ0) is 14.2. The number of Topliss-reactive ketones (excluding diaryl/α,β-unsaturated/α-hetero) is 1. The molecule has 0 aliphatic heterocycles. The van der Waals surface area contributed by atoms with E-state index in [0.29, 0.717) is 12.8 Å². The third-order valence-corrected chi connectivity index (χ3v) is 4.32. The largest absolute Gasteiger partial charge is 0.382 e. The topological polar surface area (TPSA) is 55.1 Å². The lowest BCUT2D eigenvalue weighted by molar-refractivity contribution is -0.136. The van der Waals surface area contributed by atoms with Gasteiger partial charge < -0.3 is 9.67 Å². The Kier molecular flexibility index (Phi) is 3.34. The number of fused-ring (bicyclic) bond motifs is 1. The molecular weight excluding hydrogens is 252 g/mol. The average Bonchev–Trinajstić information content (AvgIpc) is 3.03. The van der Waals surface area contributed by atoms with E-state index in [-0.39, 0.29) is 12.2 Å². The van der Waals surface area contributed by atoms with Crippen LogP contribution < -0.4 is 0 Å². The Morgan fingerprint density at radius 1 is 1.35 bits per heavy atom. The highest BCUT2D eigenvalue weighted by atomic mass is 16.3. The number of aromatic nitrogens is 2. The van der Waals surface area contributed by atoms with Gasteiger partial charge in [-0.1, -0.05) is 12.1 Å². The second kappa shape index (κ2) is 5.02. The van der Waals surface area contributed by atoms with Crippen molar-refractivity contribution in [3.63, 3.8) is 0 Å². The molecule has 20 heavy (non-hydrogen) atoms. The van der Waals surface area contributed by atoms with Crippen molar-refractivity contribution >= 4 is 16.8 Å². The minimum atomic E-state index is -1.11. The molecule has 4 heteroatoms. The molecule has 1 heterocycles. The lowest BCUT2D eigenvalue weighted by Gasteiger charge is -2.20. The number of hydrogen-bond acceptors (Lipinski definition) is 3. The lowest BCUT2D eigenvalue weighted by Crippen LogP contribution is -2.37. The van der Waals surface area contributed by atoms with Crippen LogP contribution in [0.1, 0.15) is 38.4 Å². The Morgan fingerprint density at radius 2 is 2.05 bits per heavy atom. The third kappa shape index (κ3) is 2.14. The van der Waals surface area contributed by atoms with Crippen molar-refractivity contribution in [3.05, 3.63) is 30.1 Å². The second-order valence-corrected chi connectivity index (χ2v) is 5.60. The Labute approximate surface area is 118 Å². The second-order valence-electron chi connectivity index (χ2n) is 5.60. The SMILES string of the molecule is CCn1c(CC(=O)C2(O)CCCC2)nc2ccccc21. The van der Waals surface area contributed by atoms with Gasteiger partial charge in [0.15, 0.2) is 5.78 Å². The van der Waals surface area contributed by atoms with Gasteiger partial charge in [0.25, 0.3) is 0 Å². The maximum Gasteiger partial charge on any atom is 0.171 e. The number of para-hydroxylation sites is 2. The molecule has 1 aromatic heterocycles. The van der Waals surface area contributed by atoms with Gasteiger partial charge in [-0.25, -0.2) is 4.98 Å². The Hall–Kier alpha value is -1.68. The normalized spacial score (nSPS) is 17.7. The summed E-state index contributed by atoms with van der Waals surface area (Å²) in [6.07, 6.45) is 3.29. The maximum absolute atomic E-state index is 12.4. The van der Waals surface area contributed by atoms with Gasteiger partial charge >= 0.3 is 0 Å². The molecule has 1 aromatic carbocycles. The smallest absolute Gasteiger partial charge is 0.171 e. The molecule has 0 saturated heterocycles. The van der Waals surface area contributed by atoms with E-state index < -0.39 is 5.60 Å². The molecule has 0 spiro atoms.